The van der Waals surface area contributed by atoms with Crippen LogP contribution in [-0.2, 0) is 6.42 Å². The molecule has 1 aromatic heterocycles. The number of hydrogen-bond donors (Lipinski definition) is 1. The van der Waals surface area contributed by atoms with Gasteiger partial charge >= 0.3 is 0 Å². The van der Waals surface area contributed by atoms with Gasteiger partial charge in [0, 0.05) is 0 Å². The van der Waals surface area contributed by atoms with Crippen molar-refractivity contribution in [2.45, 2.75) is 26.3 Å². The van der Waals surface area contributed by atoms with Crippen LogP contribution in [0.4, 0.5) is 10.2 Å². The lowest BCUT2D eigenvalue weighted by Crippen LogP contribution is -2.12. The van der Waals surface area contributed by atoms with Gasteiger partial charge in [0.1, 0.15) is 16.7 Å². The van der Waals surface area contributed by atoms with Gasteiger partial charge in [-0.3, -0.25) is 0 Å². The summed E-state index contributed by atoms with van der Waals surface area (Å²) in [4.78, 5) is 0. The van der Waals surface area contributed by atoms with Gasteiger partial charge in [-0.05, 0) is 38.0 Å². The number of hydrogen-bond acceptors (Lipinski definition) is 2. The van der Waals surface area contributed by atoms with Crippen molar-refractivity contribution in [3.05, 3.63) is 46.4 Å². The number of anilines is 1. The Morgan fingerprint density at radius 1 is 1.50 bits per heavy atom. The van der Waals surface area contributed by atoms with Crippen molar-refractivity contribution in [1.82, 2.24) is 9.78 Å². The van der Waals surface area contributed by atoms with E-state index >= 15 is 0 Å². The fourth-order valence-electron chi connectivity index (χ4n) is 1.97. The van der Waals surface area contributed by atoms with Crippen LogP contribution in [0.2, 0.25) is 5.02 Å². The second-order valence-electron chi connectivity index (χ2n) is 4.41. The van der Waals surface area contributed by atoms with Crippen LogP contribution in [0, 0.1) is 12.7 Å². The topological polar surface area (TPSA) is 43.8 Å². The van der Waals surface area contributed by atoms with Crippen LogP contribution < -0.4 is 5.73 Å². The summed E-state index contributed by atoms with van der Waals surface area (Å²) >= 11 is 6.00. The standard InChI is InChI=1S/C13H15ClFN3/c1-8(6-10-4-3-5-11(15)7-10)18-13(16)12(14)9(2)17-18/h3-5,7-8H,6,16H2,1-2H3. The predicted octanol–water partition coefficient (Wildman–Crippen LogP) is 3.37. The van der Waals surface area contributed by atoms with Crippen LogP contribution in [-0.4, -0.2) is 9.78 Å². The van der Waals surface area contributed by atoms with E-state index in [0.717, 1.165) is 5.56 Å². The first kappa shape index (κ1) is 12.9. The molecular weight excluding hydrogens is 253 g/mol. The smallest absolute Gasteiger partial charge is 0.141 e. The molecule has 1 heterocycles. The van der Waals surface area contributed by atoms with Crippen molar-refractivity contribution < 1.29 is 4.39 Å². The molecule has 0 saturated heterocycles. The molecule has 1 atom stereocenters. The molecule has 96 valence electrons. The highest BCUT2D eigenvalue weighted by Gasteiger charge is 2.15. The minimum Gasteiger partial charge on any atom is -0.383 e. The van der Waals surface area contributed by atoms with E-state index in [2.05, 4.69) is 5.10 Å². The summed E-state index contributed by atoms with van der Waals surface area (Å²) in [7, 11) is 0. The molecule has 0 amide bonds. The lowest BCUT2D eigenvalue weighted by atomic mass is 10.1. The van der Waals surface area contributed by atoms with E-state index in [4.69, 9.17) is 17.3 Å². The average Bonchev–Trinajstić information content (AvgIpc) is 2.57. The highest BCUT2D eigenvalue weighted by molar-refractivity contribution is 6.33. The summed E-state index contributed by atoms with van der Waals surface area (Å²) in [5.41, 5.74) is 7.50. The number of aromatic nitrogens is 2. The highest BCUT2D eigenvalue weighted by atomic mass is 35.5. The van der Waals surface area contributed by atoms with E-state index in [-0.39, 0.29) is 11.9 Å². The van der Waals surface area contributed by atoms with Crippen LogP contribution >= 0.6 is 11.6 Å². The summed E-state index contributed by atoms with van der Waals surface area (Å²) in [5, 5.41) is 4.78. The monoisotopic (exact) mass is 267 g/mol. The number of halogens is 2. The minimum atomic E-state index is -0.234. The molecule has 0 aliphatic carbocycles. The molecule has 0 radical (unpaired) electrons. The van der Waals surface area contributed by atoms with Crippen LogP contribution in [0.3, 0.4) is 0 Å². The number of nitrogens with two attached hydrogens (primary N) is 1. The van der Waals surface area contributed by atoms with Gasteiger partial charge in [0.05, 0.1) is 11.7 Å². The summed E-state index contributed by atoms with van der Waals surface area (Å²) < 4.78 is 14.8. The average molecular weight is 268 g/mol. The molecule has 2 aromatic rings. The Balaban J connectivity index is 2.22. The van der Waals surface area contributed by atoms with Crippen LogP contribution in [0.25, 0.3) is 0 Å². The van der Waals surface area contributed by atoms with E-state index in [1.807, 2.05) is 19.9 Å². The maximum absolute atomic E-state index is 13.1. The number of rotatable bonds is 3. The van der Waals surface area contributed by atoms with E-state index in [0.29, 0.717) is 23.0 Å². The minimum absolute atomic E-state index is 0.0259. The Morgan fingerprint density at radius 2 is 2.22 bits per heavy atom. The third-order valence-electron chi connectivity index (χ3n) is 2.88. The molecule has 2 rings (SSSR count). The van der Waals surface area contributed by atoms with Gasteiger partial charge < -0.3 is 5.73 Å². The molecule has 2 N–H and O–H groups in total. The molecule has 3 nitrogen and oxygen atoms in total. The Bertz CT molecular complexity index is 565. The third kappa shape index (κ3) is 2.48. The number of benzene rings is 1. The van der Waals surface area contributed by atoms with Crippen LogP contribution in [0.5, 0.6) is 0 Å². The van der Waals surface area contributed by atoms with Crippen LogP contribution in [0.1, 0.15) is 24.2 Å². The van der Waals surface area contributed by atoms with Gasteiger partial charge in [0.15, 0.2) is 0 Å². The largest absolute Gasteiger partial charge is 0.383 e. The first-order valence-electron chi connectivity index (χ1n) is 5.73. The summed E-state index contributed by atoms with van der Waals surface area (Å²) in [6, 6.07) is 6.55. The zero-order chi connectivity index (χ0) is 13.3. The van der Waals surface area contributed by atoms with Gasteiger partial charge in [-0.25, -0.2) is 9.07 Å². The van der Waals surface area contributed by atoms with E-state index in [1.54, 1.807) is 10.7 Å². The normalized spacial score (nSPS) is 12.7. The Kier molecular flexibility index (Phi) is 3.57. The van der Waals surface area contributed by atoms with Crippen molar-refractivity contribution in [3.8, 4) is 0 Å². The van der Waals surface area contributed by atoms with Crippen molar-refractivity contribution in [2.24, 2.45) is 0 Å². The first-order valence-corrected chi connectivity index (χ1v) is 6.11. The maximum atomic E-state index is 13.1. The Labute approximate surface area is 110 Å². The van der Waals surface area contributed by atoms with Gasteiger partial charge in [-0.1, -0.05) is 23.7 Å². The Hall–Kier alpha value is -1.55. The summed E-state index contributed by atoms with van der Waals surface area (Å²) in [6.45, 7) is 3.79. The quantitative estimate of drug-likeness (QED) is 0.927. The van der Waals surface area contributed by atoms with Gasteiger partial charge in [-0.15, -0.1) is 0 Å². The molecular formula is C13H15ClFN3. The first-order chi connectivity index (χ1) is 8.49. The third-order valence-corrected chi connectivity index (χ3v) is 3.35. The molecule has 0 aliphatic rings. The van der Waals surface area contributed by atoms with Crippen molar-refractivity contribution in [3.63, 3.8) is 0 Å². The van der Waals surface area contributed by atoms with E-state index < -0.39 is 0 Å². The lowest BCUT2D eigenvalue weighted by Gasteiger charge is -2.14. The molecule has 0 saturated carbocycles. The fourth-order valence-corrected chi connectivity index (χ4v) is 2.10. The summed E-state index contributed by atoms with van der Waals surface area (Å²) in [5.74, 6) is 0.223. The highest BCUT2D eigenvalue weighted by Crippen LogP contribution is 2.26. The summed E-state index contributed by atoms with van der Waals surface area (Å²) in [6.07, 6.45) is 0.652. The second kappa shape index (κ2) is 4.98. The van der Waals surface area contributed by atoms with E-state index in [9.17, 15) is 4.39 Å². The molecule has 18 heavy (non-hydrogen) atoms. The molecule has 5 heteroatoms. The van der Waals surface area contributed by atoms with Crippen molar-refractivity contribution in [1.29, 1.82) is 0 Å². The SMILES string of the molecule is Cc1nn(C(C)Cc2cccc(F)c2)c(N)c1Cl. The Morgan fingerprint density at radius 3 is 2.78 bits per heavy atom. The number of nitrogen functional groups attached to an aromatic ring is 1. The predicted molar refractivity (Wildman–Crippen MR) is 71.2 cm³/mol. The molecule has 0 aliphatic heterocycles. The van der Waals surface area contributed by atoms with Crippen LogP contribution in [0.15, 0.2) is 24.3 Å². The zero-order valence-corrected chi connectivity index (χ0v) is 11.1. The molecule has 0 bridgehead atoms. The molecule has 1 aromatic carbocycles. The molecule has 0 spiro atoms. The van der Waals surface area contributed by atoms with Crippen molar-refractivity contribution >= 4 is 17.4 Å². The van der Waals surface area contributed by atoms with Gasteiger partial charge in [-0.2, -0.15) is 5.10 Å². The van der Waals surface area contributed by atoms with Gasteiger partial charge in [0.25, 0.3) is 0 Å². The lowest BCUT2D eigenvalue weighted by molar-refractivity contribution is 0.492. The van der Waals surface area contributed by atoms with Crippen molar-refractivity contribution in [2.75, 3.05) is 5.73 Å². The number of nitrogens with zero attached hydrogens (tertiary/aromatic N) is 2. The fraction of sp³-hybridized carbons (Fsp3) is 0.308. The van der Waals surface area contributed by atoms with Gasteiger partial charge in [0.2, 0.25) is 0 Å². The number of aryl methyl sites for hydroxylation is 1. The van der Waals surface area contributed by atoms with E-state index in [1.165, 1.54) is 12.1 Å². The zero-order valence-electron chi connectivity index (χ0n) is 10.3. The maximum Gasteiger partial charge on any atom is 0.141 e. The molecule has 1 unspecified atom stereocenters. The molecule has 0 fully saturated rings. The second-order valence-corrected chi connectivity index (χ2v) is 4.79.